The maximum atomic E-state index is 10.3. The van der Waals surface area contributed by atoms with Gasteiger partial charge in [0.2, 0.25) is 0 Å². The summed E-state index contributed by atoms with van der Waals surface area (Å²) in [6.07, 6.45) is 3.78. The topological polar surface area (TPSA) is 32.3 Å². The Morgan fingerprint density at radius 2 is 1.48 bits per heavy atom. The monoisotopic (exact) mass is 357 g/mol. The van der Waals surface area contributed by atoms with Gasteiger partial charge >= 0.3 is 0 Å². The van der Waals surface area contributed by atoms with Crippen molar-refractivity contribution in [1.82, 2.24) is 5.32 Å². The van der Waals surface area contributed by atoms with Crippen molar-refractivity contribution < 1.29 is 5.11 Å². The van der Waals surface area contributed by atoms with Crippen LogP contribution in [0.1, 0.15) is 46.3 Å². The average Bonchev–Trinajstić information content (AvgIpc) is 2.69. The highest BCUT2D eigenvalue weighted by molar-refractivity contribution is 5.40. The van der Waals surface area contributed by atoms with Gasteiger partial charge in [-0.1, -0.05) is 60.7 Å². The molecule has 0 spiro atoms. The molecule has 4 aliphatic rings. The SMILES string of the molecule is C[C@H](NCc1cc2ccc1CCc1ccc(cc1O)CC2)c1ccccc1. The first-order valence-electron chi connectivity index (χ1n) is 9.89. The smallest absolute Gasteiger partial charge is 0.119 e. The predicted molar refractivity (Wildman–Crippen MR) is 111 cm³/mol. The molecule has 0 saturated heterocycles. The van der Waals surface area contributed by atoms with Gasteiger partial charge in [0, 0.05) is 12.6 Å². The van der Waals surface area contributed by atoms with Crippen LogP contribution in [0.5, 0.6) is 5.75 Å². The van der Waals surface area contributed by atoms with Crippen LogP contribution in [0.25, 0.3) is 0 Å². The van der Waals surface area contributed by atoms with Gasteiger partial charge in [0.25, 0.3) is 0 Å². The summed E-state index contributed by atoms with van der Waals surface area (Å²) in [4.78, 5) is 0. The van der Waals surface area contributed by atoms with Crippen LogP contribution in [-0.2, 0) is 32.2 Å². The lowest BCUT2D eigenvalue weighted by molar-refractivity contribution is 0.467. The Balaban J connectivity index is 1.55. The van der Waals surface area contributed by atoms with Gasteiger partial charge in [0.05, 0.1) is 0 Å². The van der Waals surface area contributed by atoms with Gasteiger partial charge < -0.3 is 10.4 Å². The molecule has 0 unspecified atom stereocenters. The summed E-state index contributed by atoms with van der Waals surface area (Å²) >= 11 is 0. The van der Waals surface area contributed by atoms with E-state index in [9.17, 15) is 5.11 Å². The molecule has 0 saturated carbocycles. The molecule has 2 heteroatoms. The second-order valence-corrected chi connectivity index (χ2v) is 7.58. The quantitative estimate of drug-likeness (QED) is 0.679. The average molecular weight is 357 g/mol. The molecule has 7 rings (SSSR count). The number of phenols is 1. The molecule has 0 radical (unpaired) electrons. The molecular weight excluding hydrogens is 330 g/mol. The molecule has 3 aromatic rings. The van der Waals surface area contributed by atoms with Gasteiger partial charge in [-0.25, -0.2) is 0 Å². The third-order valence-corrected chi connectivity index (χ3v) is 5.68. The van der Waals surface area contributed by atoms with Crippen molar-refractivity contribution in [3.05, 3.63) is 100 Å². The van der Waals surface area contributed by atoms with Gasteiger partial charge in [0.15, 0.2) is 0 Å². The van der Waals surface area contributed by atoms with Crippen molar-refractivity contribution in [2.45, 2.75) is 45.2 Å². The number of aromatic hydroxyl groups is 1. The number of nitrogens with one attached hydrogen (secondary N) is 1. The van der Waals surface area contributed by atoms with E-state index in [4.69, 9.17) is 0 Å². The zero-order valence-corrected chi connectivity index (χ0v) is 15.9. The summed E-state index contributed by atoms with van der Waals surface area (Å²) < 4.78 is 0. The fourth-order valence-corrected chi connectivity index (χ4v) is 3.90. The minimum atomic E-state index is 0.317. The summed E-state index contributed by atoms with van der Waals surface area (Å²) in [5.41, 5.74) is 7.68. The van der Waals surface area contributed by atoms with Gasteiger partial charge in [0.1, 0.15) is 5.75 Å². The van der Waals surface area contributed by atoms with Crippen LogP contribution >= 0.6 is 0 Å². The third-order valence-electron chi connectivity index (χ3n) is 5.68. The van der Waals surface area contributed by atoms with Crippen molar-refractivity contribution in [2.75, 3.05) is 0 Å². The lowest BCUT2D eigenvalue weighted by Gasteiger charge is -2.18. The maximum Gasteiger partial charge on any atom is 0.119 e. The second-order valence-electron chi connectivity index (χ2n) is 7.58. The van der Waals surface area contributed by atoms with Crippen LogP contribution < -0.4 is 5.32 Å². The summed E-state index contributed by atoms with van der Waals surface area (Å²) in [7, 11) is 0. The highest BCUT2D eigenvalue weighted by Gasteiger charge is 2.11. The molecule has 0 amide bonds. The largest absolute Gasteiger partial charge is 0.508 e. The van der Waals surface area contributed by atoms with E-state index in [2.05, 4.69) is 72.9 Å². The van der Waals surface area contributed by atoms with Crippen molar-refractivity contribution in [3.63, 3.8) is 0 Å². The van der Waals surface area contributed by atoms with Crippen molar-refractivity contribution in [1.29, 1.82) is 0 Å². The van der Waals surface area contributed by atoms with Crippen LogP contribution in [0, 0.1) is 0 Å². The van der Waals surface area contributed by atoms with Crippen molar-refractivity contribution in [3.8, 4) is 5.75 Å². The van der Waals surface area contributed by atoms with E-state index in [1.54, 1.807) is 0 Å². The summed E-state index contributed by atoms with van der Waals surface area (Å²) in [5, 5.41) is 14.0. The maximum absolute atomic E-state index is 10.3. The van der Waals surface area contributed by atoms with Gasteiger partial charge in [-0.2, -0.15) is 0 Å². The Labute approximate surface area is 161 Å². The van der Waals surface area contributed by atoms with E-state index < -0.39 is 0 Å². The molecule has 0 aromatic heterocycles. The summed E-state index contributed by atoms with van der Waals surface area (Å²) in [6.45, 7) is 3.08. The van der Waals surface area contributed by atoms with Gasteiger partial charge in [-0.3, -0.25) is 0 Å². The number of phenolic OH excluding ortho intramolecular Hbond substituents is 1. The molecule has 2 N–H and O–H groups in total. The first-order valence-corrected chi connectivity index (χ1v) is 9.89. The Kier molecular flexibility index (Phi) is 5.26. The lowest BCUT2D eigenvalue weighted by Crippen LogP contribution is -2.19. The zero-order chi connectivity index (χ0) is 18.6. The molecule has 2 nitrogen and oxygen atoms in total. The minimum absolute atomic E-state index is 0.317. The second kappa shape index (κ2) is 7.98. The van der Waals surface area contributed by atoms with E-state index in [1.807, 2.05) is 6.07 Å². The number of hydrogen-bond donors (Lipinski definition) is 2. The minimum Gasteiger partial charge on any atom is -0.508 e. The van der Waals surface area contributed by atoms with Crippen molar-refractivity contribution in [2.24, 2.45) is 0 Å². The number of hydrogen-bond acceptors (Lipinski definition) is 2. The number of rotatable bonds is 4. The van der Waals surface area contributed by atoms with Crippen LogP contribution in [-0.4, -0.2) is 5.11 Å². The number of benzene rings is 3. The molecule has 0 heterocycles. The van der Waals surface area contributed by atoms with Crippen molar-refractivity contribution >= 4 is 0 Å². The van der Waals surface area contributed by atoms with Crippen LogP contribution in [0.15, 0.2) is 66.7 Å². The molecule has 138 valence electrons. The number of aryl methyl sites for hydroxylation is 4. The first kappa shape index (κ1) is 17.8. The van der Waals surface area contributed by atoms with Gasteiger partial charge in [-0.15, -0.1) is 0 Å². The molecule has 0 fully saturated rings. The molecule has 27 heavy (non-hydrogen) atoms. The molecule has 4 bridgehead atoms. The zero-order valence-electron chi connectivity index (χ0n) is 15.9. The molecule has 1 atom stereocenters. The normalized spacial score (nSPS) is 14.6. The Hall–Kier alpha value is -2.58. The fraction of sp³-hybridized carbons (Fsp3) is 0.280. The first-order chi connectivity index (χ1) is 13.2. The molecule has 4 aliphatic carbocycles. The van der Waals surface area contributed by atoms with Crippen LogP contribution in [0.4, 0.5) is 0 Å². The Morgan fingerprint density at radius 3 is 2.22 bits per heavy atom. The molecular formula is C25H27NO. The van der Waals surface area contributed by atoms with E-state index in [-0.39, 0.29) is 0 Å². The highest BCUT2D eigenvalue weighted by atomic mass is 16.3. The third kappa shape index (κ3) is 4.23. The molecule has 0 aliphatic heterocycles. The van der Waals surface area contributed by atoms with Crippen LogP contribution in [0.3, 0.4) is 0 Å². The van der Waals surface area contributed by atoms with Crippen LogP contribution in [0.2, 0.25) is 0 Å². The van der Waals surface area contributed by atoms with E-state index in [0.717, 1.165) is 37.8 Å². The predicted octanol–water partition coefficient (Wildman–Crippen LogP) is 5.13. The van der Waals surface area contributed by atoms with E-state index in [1.165, 1.54) is 27.8 Å². The molecule has 3 aromatic carbocycles. The Morgan fingerprint density at radius 1 is 0.815 bits per heavy atom. The lowest BCUT2D eigenvalue weighted by atomic mass is 9.92. The summed E-state index contributed by atoms with van der Waals surface area (Å²) in [5.74, 6) is 0.444. The van der Waals surface area contributed by atoms with Gasteiger partial charge in [-0.05, 0) is 72.1 Å². The Bertz CT molecular complexity index is 917. The summed E-state index contributed by atoms with van der Waals surface area (Å²) in [6, 6.07) is 24.0. The van der Waals surface area contributed by atoms with E-state index in [0.29, 0.717) is 11.8 Å². The standard InChI is InChI=1S/C25H27NO/c1-18(21-5-3-2-4-6-21)26-17-24-15-19-7-8-20-10-12-23(25(27)16-20)14-13-22(24)11-9-19/h2-6,9-12,15-16,18,26-27H,7-8,13-14,17H2,1H3/t18-/m0/s1. The van der Waals surface area contributed by atoms with E-state index >= 15 is 0 Å². The fourth-order valence-electron chi connectivity index (χ4n) is 3.90. The highest BCUT2D eigenvalue weighted by Crippen LogP contribution is 2.25.